The number of hydrogen-bond donors (Lipinski definition) is 5. The van der Waals surface area contributed by atoms with Crippen molar-refractivity contribution in [1.29, 1.82) is 0 Å². The van der Waals surface area contributed by atoms with Gasteiger partial charge in [-0.1, -0.05) is 0 Å². The molecule has 172 valence electrons. The molecule has 0 aliphatic heterocycles. The SMILES string of the molecule is COc1nc(N)nc2ncc(CNc3ccc(C(=O)N[C@@H](CCC(=O)O)C(=O)O)cc3)nc12. The van der Waals surface area contributed by atoms with Gasteiger partial charge in [0, 0.05) is 17.7 Å². The number of hydrogen-bond acceptors (Lipinski definition) is 10. The first-order chi connectivity index (χ1) is 15.8. The first-order valence-corrected chi connectivity index (χ1v) is 9.69. The van der Waals surface area contributed by atoms with Crippen molar-refractivity contribution in [2.24, 2.45) is 0 Å². The molecule has 2 heterocycles. The van der Waals surface area contributed by atoms with Crippen molar-refractivity contribution in [3.8, 4) is 5.88 Å². The van der Waals surface area contributed by atoms with Crippen LogP contribution in [0.5, 0.6) is 5.88 Å². The fourth-order valence-corrected chi connectivity index (χ4v) is 2.86. The second kappa shape index (κ2) is 10.2. The number of anilines is 2. The van der Waals surface area contributed by atoms with E-state index in [4.69, 9.17) is 20.7 Å². The predicted octanol–water partition coefficient (Wildman–Crippen LogP) is 0.671. The lowest BCUT2D eigenvalue weighted by molar-refractivity contribution is -0.140. The zero-order chi connectivity index (χ0) is 24.0. The Labute approximate surface area is 187 Å². The molecule has 0 bridgehead atoms. The van der Waals surface area contributed by atoms with Crippen LogP contribution in [0.1, 0.15) is 28.9 Å². The quantitative estimate of drug-likeness (QED) is 0.286. The van der Waals surface area contributed by atoms with Gasteiger partial charge in [-0.2, -0.15) is 9.97 Å². The van der Waals surface area contributed by atoms with Crippen molar-refractivity contribution >= 4 is 40.6 Å². The minimum atomic E-state index is -1.30. The molecule has 13 heteroatoms. The molecule has 13 nitrogen and oxygen atoms in total. The van der Waals surface area contributed by atoms with Crippen LogP contribution in [0.4, 0.5) is 11.6 Å². The lowest BCUT2D eigenvalue weighted by atomic mass is 10.1. The maximum Gasteiger partial charge on any atom is 0.326 e. The Bertz CT molecular complexity index is 1190. The van der Waals surface area contributed by atoms with Crippen LogP contribution in [0, 0.1) is 0 Å². The fourth-order valence-electron chi connectivity index (χ4n) is 2.86. The van der Waals surface area contributed by atoms with E-state index in [9.17, 15) is 14.4 Å². The molecule has 33 heavy (non-hydrogen) atoms. The number of carboxylic acid groups (broad SMARTS) is 2. The standard InChI is InChI=1S/C20H21N7O6/c1-33-18-15-16(26-20(21)27-18)23-9-12(24-15)8-22-11-4-2-10(3-5-11)17(30)25-13(19(31)32)6-7-14(28)29/h2-5,9,13,22H,6-8H2,1H3,(H,25,30)(H,28,29)(H,31,32)(H2,21,23,26,27)/t13-/m0/s1. The van der Waals surface area contributed by atoms with E-state index in [2.05, 4.69) is 30.6 Å². The molecular formula is C20H21N7O6. The monoisotopic (exact) mass is 455 g/mol. The Hall–Kier alpha value is -4.55. The fraction of sp³-hybridized carbons (Fsp3) is 0.250. The van der Waals surface area contributed by atoms with Gasteiger partial charge in [0.25, 0.3) is 5.91 Å². The highest BCUT2D eigenvalue weighted by molar-refractivity contribution is 5.97. The predicted molar refractivity (Wildman–Crippen MR) is 116 cm³/mol. The molecule has 3 aromatic rings. The summed E-state index contributed by atoms with van der Waals surface area (Å²) >= 11 is 0. The second-order valence-electron chi connectivity index (χ2n) is 6.85. The average Bonchev–Trinajstić information content (AvgIpc) is 2.79. The van der Waals surface area contributed by atoms with Crippen LogP contribution >= 0.6 is 0 Å². The summed E-state index contributed by atoms with van der Waals surface area (Å²) in [7, 11) is 1.44. The summed E-state index contributed by atoms with van der Waals surface area (Å²) in [6, 6.07) is 5.01. The van der Waals surface area contributed by atoms with Crippen LogP contribution in [0.3, 0.4) is 0 Å². The summed E-state index contributed by atoms with van der Waals surface area (Å²) in [6.07, 6.45) is 0.945. The highest BCUT2D eigenvalue weighted by Crippen LogP contribution is 2.20. The highest BCUT2D eigenvalue weighted by atomic mass is 16.5. The molecule has 0 spiro atoms. The average molecular weight is 455 g/mol. The first-order valence-electron chi connectivity index (χ1n) is 9.69. The number of ether oxygens (including phenoxy) is 1. The van der Waals surface area contributed by atoms with E-state index in [1.165, 1.54) is 25.4 Å². The van der Waals surface area contributed by atoms with Gasteiger partial charge in [0.1, 0.15) is 6.04 Å². The largest absolute Gasteiger partial charge is 0.481 e. The normalized spacial score (nSPS) is 11.5. The van der Waals surface area contributed by atoms with E-state index in [1.54, 1.807) is 12.1 Å². The summed E-state index contributed by atoms with van der Waals surface area (Å²) in [6.45, 7) is 0.304. The van der Waals surface area contributed by atoms with Crippen molar-refractivity contribution in [2.45, 2.75) is 25.4 Å². The number of aromatic nitrogens is 4. The van der Waals surface area contributed by atoms with Crippen molar-refractivity contribution in [1.82, 2.24) is 25.3 Å². The van der Waals surface area contributed by atoms with Crippen LogP contribution < -0.4 is 21.1 Å². The number of aliphatic carboxylic acids is 2. The van der Waals surface area contributed by atoms with Crippen LogP contribution in [0.15, 0.2) is 30.5 Å². The summed E-state index contributed by atoms with van der Waals surface area (Å²) < 4.78 is 5.17. The molecule has 3 rings (SSSR count). The molecule has 2 aromatic heterocycles. The number of nitrogen functional groups attached to an aromatic ring is 1. The Morgan fingerprint density at radius 1 is 1.12 bits per heavy atom. The van der Waals surface area contributed by atoms with E-state index in [0.717, 1.165) is 0 Å². The van der Waals surface area contributed by atoms with Gasteiger partial charge < -0.3 is 31.3 Å². The Morgan fingerprint density at radius 3 is 2.48 bits per heavy atom. The number of benzene rings is 1. The highest BCUT2D eigenvalue weighted by Gasteiger charge is 2.21. The summed E-state index contributed by atoms with van der Waals surface area (Å²) in [5.41, 5.74) is 7.77. The van der Waals surface area contributed by atoms with E-state index < -0.39 is 23.9 Å². The van der Waals surface area contributed by atoms with Crippen LogP contribution in [-0.2, 0) is 16.1 Å². The summed E-state index contributed by atoms with van der Waals surface area (Å²) in [5.74, 6) is -2.82. The van der Waals surface area contributed by atoms with Gasteiger partial charge in [-0.15, -0.1) is 0 Å². The number of fused-ring (bicyclic) bond motifs is 1. The Kier molecular flexibility index (Phi) is 7.13. The molecule has 0 saturated heterocycles. The third-order valence-corrected chi connectivity index (χ3v) is 4.51. The number of carbonyl (C=O) groups is 3. The van der Waals surface area contributed by atoms with E-state index in [1.807, 2.05) is 0 Å². The molecule has 1 atom stereocenters. The van der Waals surface area contributed by atoms with Gasteiger partial charge in [-0.05, 0) is 30.7 Å². The zero-order valence-corrected chi connectivity index (χ0v) is 17.5. The molecule has 0 aliphatic carbocycles. The van der Waals surface area contributed by atoms with Crippen molar-refractivity contribution in [2.75, 3.05) is 18.2 Å². The number of amides is 1. The molecule has 1 aromatic carbocycles. The van der Waals surface area contributed by atoms with Crippen molar-refractivity contribution in [3.05, 3.63) is 41.7 Å². The number of nitrogens with zero attached hydrogens (tertiary/aromatic N) is 4. The van der Waals surface area contributed by atoms with Gasteiger partial charge in [-0.25, -0.2) is 14.8 Å². The zero-order valence-electron chi connectivity index (χ0n) is 17.5. The number of methoxy groups -OCH3 is 1. The van der Waals surface area contributed by atoms with Crippen molar-refractivity contribution < 1.29 is 29.3 Å². The molecule has 0 radical (unpaired) electrons. The third kappa shape index (κ3) is 6.00. The molecule has 0 unspecified atom stereocenters. The van der Waals surface area contributed by atoms with Crippen LogP contribution in [0.2, 0.25) is 0 Å². The molecule has 0 saturated carbocycles. The number of nitrogens with one attached hydrogen (secondary N) is 2. The summed E-state index contributed by atoms with van der Waals surface area (Å²) in [4.78, 5) is 50.8. The maximum absolute atomic E-state index is 12.3. The van der Waals surface area contributed by atoms with E-state index in [0.29, 0.717) is 29.1 Å². The van der Waals surface area contributed by atoms with Gasteiger partial charge in [0.15, 0.2) is 11.2 Å². The van der Waals surface area contributed by atoms with Crippen LogP contribution in [-0.4, -0.2) is 61.1 Å². The number of rotatable bonds is 10. The van der Waals surface area contributed by atoms with Crippen molar-refractivity contribution in [3.63, 3.8) is 0 Å². The smallest absolute Gasteiger partial charge is 0.326 e. The first kappa shape index (κ1) is 23.1. The lowest BCUT2D eigenvalue weighted by Gasteiger charge is -2.14. The number of carboxylic acids is 2. The molecular weight excluding hydrogens is 434 g/mol. The molecule has 0 fully saturated rings. The van der Waals surface area contributed by atoms with Gasteiger partial charge in [-0.3, -0.25) is 9.59 Å². The minimum absolute atomic E-state index is 0.0280. The topological polar surface area (TPSA) is 203 Å². The second-order valence-corrected chi connectivity index (χ2v) is 6.85. The summed E-state index contributed by atoms with van der Waals surface area (Å²) in [5, 5.41) is 23.3. The van der Waals surface area contributed by atoms with Gasteiger partial charge >= 0.3 is 11.9 Å². The minimum Gasteiger partial charge on any atom is -0.481 e. The molecule has 6 N–H and O–H groups in total. The molecule has 0 aliphatic rings. The van der Waals surface area contributed by atoms with Crippen LogP contribution in [0.25, 0.3) is 11.2 Å². The Balaban J connectivity index is 1.63. The number of carbonyl (C=O) groups excluding carboxylic acids is 1. The van der Waals surface area contributed by atoms with E-state index >= 15 is 0 Å². The van der Waals surface area contributed by atoms with E-state index in [-0.39, 0.29) is 30.2 Å². The lowest BCUT2D eigenvalue weighted by Crippen LogP contribution is -2.41. The van der Waals surface area contributed by atoms with Gasteiger partial charge in [0.05, 0.1) is 25.5 Å². The van der Waals surface area contributed by atoms with Gasteiger partial charge in [0.2, 0.25) is 11.8 Å². The molecule has 1 amide bonds. The Morgan fingerprint density at radius 2 is 1.85 bits per heavy atom. The number of nitrogens with two attached hydrogens (primary N) is 1. The maximum atomic E-state index is 12.3. The third-order valence-electron chi connectivity index (χ3n) is 4.51.